The third-order valence-electron chi connectivity index (χ3n) is 6.37. The Morgan fingerprint density at radius 3 is 2.68 bits per heavy atom. The van der Waals surface area contributed by atoms with E-state index in [1.54, 1.807) is 30.3 Å². The zero-order valence-electron chi connectivity index (χ0n) is 21.1. The van der Waals surface area contributed by atoms with Gasteiger partial charge in [-0.3, -0.25) is 23.7 Å². The molecule has 1 unspecified atom stereocenters. The van der Waals surface area contributed by atoms with Gasteiger partial charge in [0.05, 0.1) is 19.8 Å². The molecule has 2 saturated heterocycles. The highest BCUT2D eigenvalue weighted by molar-refractivity contribution is 7.52. The van der Waals surface area contributed by atoms with Crippen molar-refractivity contribution in [1.29, 1.82) is 0 Å². The molecule has 2 aliphatic heterocycles. The van der Waals surface area contributed by atoms with Crippen molar-refractivity contribution in [3.8, 4) is 5.75 Å². The molecule has 2 aliphatic rings. The molecule has 1 spiro atoms. The number of aromatic amines is 1. The Morgan fingerprint density at radius 2 is 2.05 bits per heavy atom. The molecule has 4 rings (SSSR count). The van der Waals surface area contributed by atoms with Crippen molar-refractivity contribution >= 4 is 13.7 Å². The fourth-order valence-corrected chi connectivity index (χ4v) is 5.74. The molecule has 0 saturated carbocycles. The quantitative estimate of drug-likeness (QED) is 0.198. The first-order valence-electron chi connectivity index (χ1n) is 12.4. The lowest BCUT2D eigenvalue weighted by molar-refractivity contribution is -0.227. The maximum Gasteiger partial charge on any atom is 0.459 e. The molecule has 0 aliphatic carbocycles. The van der Waals surface area contributed by atoms with Crippen LogP contribution in [0.15, 0.2) is 52.2 Å². The number of rotatable bonds is 12. The van der Waals surface area contributed by atoms with Gasteiger partial charge < -0.3 is 23.8 Å². The van der Waals surface area contributed by atoms with Crippen LogP contribution in [-0.2, 0) is 28.1 Å². The van der Waals surface area contributed by atoms with Crippen LogP contribution in [0.3, 0.4) is 0 Å². The zero-order chi connectivity index (χ0) is 27.3. The number of benzene rings is 1. The molecule has 3 heterocycles. The molecular weight excluding hydrogens is 521 g/mol. The number of hydrogen-bond acceptors (Lipinski definition) is 10. The summed E-state index contributed by atoms with van der Waals surface area (Å²) in [6.07, 6.45) is -0.261. The third kappa shape index (κ3) is 6.09. The number of para-hydroxylation sites is 1. The van der Waals surface area contributed by atoms with Crippen LogP contribution in [0.2, 0.25) is 0 Å². The first-order chi connectivity index (χ1) is 18.2. The Bertz CT molecular complexity index is 1260. The molecule has 0 amide bonds. The molecule has 13 nitrogen and oxygen atoms in total. The van der Waals surface area contributed by atoms with E-state index in [9.17, 15) is 24.1 Å². The van der Waals surface area contributed by atoms with Crippen molar-refractivity contribution in [3.63, 3.8) is 0 Å². The van der Waals surface area contributed by atoms with E-state index in [2.05, 4.69) is 10.1 Å². The lowest BCUT2D eigenvalue weighted by Crippen LogP contribution is -2.57. The summed E-state index contributed by atoms with van der Waals surface area (Å²) in [6.45, 7) is 3.55. The maximum absolute atomic E-state index is 13.8. The molecule has 3 N–H and O–H groups in total. The highest BCUT2D eigenvalue weighted by Gasteiger charge is 2.62. The minimum Gasteiger partial charge on any atom is -0.465 e. The lowest BCUT2D eigenvalue weighted by atomic mass is 9.86. The van der Waals surface area contributed by atoms with Gasteiger partial charge in [-0.25, -0.2) is 9.36 Å². The third-order valence-corrected chi connectivity index (χ3v) is 8.01. The SMILES string of the molecule is CCCCOC(=O)[C@H](C)N[P@@](=O)(OCC1O[C@@H](n2ccc(=O)[nH]c2=O)[C@@]2(CCO2)[C@@H]1O)Oc1ccccc1. The van der Waals surface area contributed by atoms with E-state index < -0.39 is 61.7 Å². The molecule has 2 fully saturated rings. The van der Waals surface area contributed by atoms with Gasteiger partial charge in [0.2, 0.25) is 0 Å². The summed E-state index contributed by atoms with van der Waals surface area (Å²) in [6, 6.07) is 8.35. The normalized spacial score (nSPS) is 26.9. The summed E-state index contributed by atoms with van der Waals surface area (Å²) in [4.78, 5) is 38.5. The number of ether oxygens (including phenoxy) is 3. The predicted molar refractivity (Wildman–Crippen MR) is 134 cm³/mol. The average molecular weight is 554 g/mol. The van der Waals surface area contributed by atoms with Gasteiger partial charge in [0, 0.05) is 18.7 Å². The zero-order valence-corrected chi connectivity index (χ0v) is 22.0. The Kier molecular flexibility index (Phi) is 8.86. The molecule has 1 aromatic heterocycles. The lowest BCUT2D eigenvalue weighted by Gasteiger charge is -2.44. The van der Waals surface area contributed by atoms with Gasteiger partial charge in [0.1, 0.15) is 29.6 Å². The predicted octanol–water partition coefficient (Wildman–Crippen LogP) is 1.48. The number of esters is 1. The van der Waals surface area contributed by atoms with Crippen LogP contribution in [-0.4, -0.2) is 64.3 Å². The van der Waals surface area contributed by atoms with Crippen molar-refractivity contribution in [3.05, 3.63) is 63.4 Å². The first kappa shape index (κ1) is 28.2. The molecule has 14 heteroatoms. The molecular formula is C24H32N3O10P. The second kappa shape index (κ2) is 11.9. The van der Waals surface area contributed by atoms with Crippen LogP contribution >= 0.6 is 7.75 Å². The minimum absolute atomic E-state index is 0.222. The Morgan fingerprint density at radius 1 is 1.32 bits per heavy atom. The summed E-state index contributed by atoms with van der Waals surface area (Å²) in [5, 5.41) is 13.7. The van der Waals surface area contributed by atoms with Crippen LogP contribution in [0.1, 0.15) is 39.3 Å². The van der Waals surface area contributed by atoms with E-state index in [1.807, 2.05) is 6.92 Å². The number of aliphatic hydroxyl groups is 1. The molecule has 6 atom stereocenters. The second-order valence-electron chi connectivity index (χ2n) is 9.11. The smallest absolute Gasteiger partial charge is 0.459 e. The molecule has 1 aromatic carbocycles. The number of carbonyl (C=O) groups is 1. The van der Waals surface area contributed by atoms with Crippen molar-refractivity contribution in [2.75, 3.05) is 19.8 Å². The summed E-state index contributed by atoms with van der Waals surface area (Å²) < 4.78 is 43.0. The van der Waals surface area contributed by atoms with Gasteiger partial charge >= 0.3 is 19.4 Å². The minimum atomic E-state index is -4.21. The van der Waals surface area contributed by atoms with Crippen LogP contribution in [0.5, 0.6) is 5.75 Å². The van der Waals surface area contributed by atoms with Crippen LogP contribution in [0.25, 0.3) is 0 Å². The molecule has 0 bridgehead atoms. The van der Waals surface area contributed by atoms with E-state index >= 15 is 0 Å². The second-order valence-corrected chi connectivity index (χ2v) is 10.8. The highest BCUT2D eigenvalue weighted by atomic mass is 31.2. The summed E-state index contributed by atoms with van der Waals surface area (Å²) in [5.74, 6) is -0.408. The number of H-pyrrole nitrogens is 1. The fraction of sp³-hybridized carbons (Fsp3) is 0.542. The molecule has 0 radical (unpaired) electrons. The topological polar surface area (TPSA) is 167 Å². The van der Waals surface area contributed by atoms with Crippen LogP contribution in [0.4, 0.5) is 0 Å². The van der Waals surface area contributed by atoms with Gasteiger partial charge in [0.15, 0.2) is 6.23 Å². The number of nitrogens with one attached hydrogen (secondary N) is 2. The van der Waals surface area contributed by atoms with E-state index in [4.69, 9.17) is 23.3 Å². The molecule has 2 aromatic rings. The number of unbranched alkanes of at least 4 members (excludes halogenated alkanes) is 1. The number of hydrogen-bond donors (Lipinski definition) is 3. The van der Waals surface area contributed by atoms with E-state index in [0.717, 1.165) is 17.1 Å². The summed E-state index contributed by atoms with van der Waals surface area (Å²) in [7, 11) is -4.21. The summed E-state index contributed by atoms with van der Waals surface area (Å²) in [5.41, 5.74) is -2.58. The Labute approximate surface area is 218 Å². The number of nitrogens with zero attached hydrogens (tertiary/aromatic N) is 1. The number of aliphatic hydroxyl groups excluding tert-OH is 1. The Balaban J connectivity index is 1.51. The van der Waals surface area contributed by atoms with Crippen molar-refractivity contribution in [1.82, 2.24) is 14.6 Å². The largest absolute Gasteiger partial charge is 0.465 e. The van der Waals surface area contributed by atoms with Crippen LogP contribution in [0, 0.1) is 0 Å². The highest BCUT2D eigenvalue weighted by Crippen LogP contribution is 2.50. The summed E-state index contributed by atoms with van der Waals surface area (Å²) >= 11 is 0. The number of aromatic nitrogens is 2. The fourth-order valence-electron chi connectivity index (χ4n) is 4.24. The van der Waals surface area contributed by atoms with E-state index in [1.165, 1.54) is 13.1 Å². The molecule has 208 valence electrons. The van der Waals surface area contributed by atoms with Gasteiger partial charge in [0.25, 0.3) is 5.56 Å². The van der Waals surface area contributed by atoms with Gasteiger partial charge in [-0.05, 0) is 25.5 Å². The van der Waals surface area contributed by atoms with Crippen molar-refractivity contribution in [2.24, 2.45) is 0 Å². The van der Waals surface area contributed by atoms with Crippen LogP contribution < -0.4 is 20.9 Å². The standard InChI is InChI=1S/C24H32N3O10P/c1-3-4-13-33-21(30)16(2)26-38(32,37-17-8-6-5-7-9-17)35-15-18-20(29)24(11-14-34-24)22(36-18)27-12-10-19(28)25-23(27)31/h5-10,12,16,18,20,22,29H,3-4,11,13-15H2,1-2H3,(H,26,32)(H,25,28,31)/t16-,18?,20+,22+,24+,38+/m0/s1. The maximum atomic E-state index is 13.8. The van der Waals surface area contributed by atoms with Gasteiger partial charge in [-0.1, -0.05) is 31.5 Å². The first-order valence-corrected chi connectivity index (χ1v) is 13.9. The van der Waals surface area contributed by atoms with Crippen molar-refractivity contribution < 1.29 is 37.7 Å². The van der Waals surface area contributed by atoms with E-state index in [0.29, 0.717) is 19.4 Å². The average Bonchev–Trinajstić information content (AvgIpc) is 3.15. The Hall–Kier alpha value is -2.80. The molecule has 38 heavy (non-hydrogen) atoms. The van der Waals surface area contributed by atoms with Crippen molar-refractivity contribution in [2.45, 2.75) is 63.2 Å². The number of carbonyl (C=O) groups excluding carboxylic acids is 1. The van der Waals surface area contributed by atoms with Gasteiger partial charge in [-0.2, -0.15) is 5.09 Å². The monoisotopic (exact) mass is 553 g/mol. The van der Waals surface area contributed by atoms with E-state index in [-0.39, 0.29) is 12.4 Å². The van der Waals surface area contributed by atoms with Gasteiger partial charge in [-0.15, -0.1) is 0 Å².